The van der Waals surface area contributed by atoms with E-state index in [1.807, 2.05) is 0 Å². The number of rotatable bonds is 2. The van der Waals surface area contributed by atoms with E-state index in [2.05, 4.69) is 25.7 Å². The van der Waals surface area contributed by atoms with E-state index in [1.165, 1.54) is 7.11 Å². The average Bonchev–Trinajstić information content (AvgIpc) is 2.45. The lowest BCUT2D eigenvalue weighted by atomic mass is 10.4. The van der Waals surface area contributed by atoms with Gasteiger partial charge in [0.2, 0.25) is 0 Å². The molecule has 4 nitrogen and oxygen atoms in total. The first kappa shape index (κ1) is 9.47. The second kappa shape index (κ2) is 3.86. The summed E-state index contributed by atoms with van der Waals surface area (Å²) in [4.78, 5) is 15.5. The first-order valence-corrected chi connectivity index (χ1v) is 5.02. The number of esters is 1. The third kappa shape index (κ3) is 1.75. The minimum absolute atomic E-state index is 0.379. The molecule has 0 amide bonds. The van der Waals surface area contributed by atoms with Crippen LogP contribution in [0.15, 0.2) is 0 Å². The molecular weight excluding hydrogens is 244 g/mol. The standard InChI is InChI=1S/C6H7BrN2O2S/c1-11-5(10)4-3(2-7)9-6(8)12-4/h2H2,1H3,(H2,8,9). The van der Waals surface area contributed by atoms with Gasteiger partial charge in [-0.15, -0.1) is 0 Å². The minimum Gasteiger partial charge on any atom is -0.465 e. The van der Waals surface area contributed by atoms with Crippen molar-refractivity contribution >= 4 is 38.4 Å². The molecule has 1 aromatic rings. The Morgan fingerprint density at radius 3 is 3.00 bits per heavy atom. The number of carbonyl (C=O) groups excluding carboxylic acids is 1. The molecule has 0 aliphatic rings. The van der Waals surface area contributed by atoms with Gasteiger partial charge in [0.1, 0.15) is 4.88 Å². The Kier molecular flexibility index (Phi) is 3.05. The van der Waals surface area contributed by atoms with Crippen LogP contribution in [0, 0.1) is 0 Å². The maximum absolute atomic E-state index is 11.1. The third-order valence-corrected chi connectivity index (χ3v) is 2.65. The molecule has 0 saturated carbocycles. The van der Waals surface area contributed by atoms with Gasteiger partial charge >= 0.3 is 5.97 Å². The Balaban J connectivity index is 3.04. The first-order chi connectivity index (χ1) is 5.69. The van der Waals surface area contributed by atoms with Gasteiger partial charge in [-0.25, -0.2) is 9.78 Å². The van der Waals surface area contributed by atoms with E-state index in [0.29, 0.717) is 21.0 Å². The largest absolute Gasteiger partial charge is 0.465 e. The van der Waals surface area contributed by atoms with E-state index >= 15 is 0 Å². The Labute approximate surface area is 81.9 Å². The Morgan fingerprint density at radius 2 is 2.50 bits per heavy atom. The fourth-order valence-electron chi connectivity index (χ4n) is 0.713. The van der Waals surface area contributed by atoms with E-state index in [9.17, 15) is 4.79 Å². The van der Waals surface area contributed by atoms with Crippen LogP contribution in [0.5, 0.6) is 0 Å². The Bertz CT molecular complexity index is 300. The van der Waals surface area contributed by atoms with Crippen LogP contribution in [-0.4, -0.2) is 18.1 Å². The lowest BCUT2D eigenvalue weighted by molar-refractivity contribution is 0.0605. The van der Waals surface area contributed by atoms with E-state index < -0.39 is 5.97 Å². The number of anilines is 1. The molecule has 0 unspecified atom stereocenters. The van der Waals surface area contributed by atoms with Crippen molar-refractivity contribution in [1.82, 2.24) is 4.98 Å². The van der Waals surface area contributed by atoms with Crippen LogP contribution in [-0.2, 0) is 10.1 Å². The highest BCUT2D eigenvalue weighted by molar-refractivity contribution is 9.08. The minimum atomic E-state index is -0.390. The summed E-state index contributed by atoms with van der Waals surface area (Å²) < 4.78 is 4.55. The quantitative estimate of drug-likeness (QED) is 0.637. The molecule has 12 heavy (non-hydrogen) atoms. The number of nitrogens with two attached hydrogens (primary N) is 1. The molecule has 2 N–H and O–H groups in total. The van der Waals surface area contributed by atoms with Crippen molar-refractivity contribution in [3.05, 3.63) is 10.6 Å². The van der Waals surface area contributed by atoms with Gasteiger partial charge < -0.3 is 10.5 Å². The molecule has 0 atom stereocenters. The maximum Gasteiger partial charge on any atom is 0.350 e. The summed E-state index contributed by atoms with van der Waals surface area (Å²) in [7, 11) is 1.33. The van der Waals surface area contributed by atoms with Crippen molar-refractivity contribution in [2.45, 2.75) is 5.33 Å². The number of carbonyl (C=O) groups is 1. The Hall–Kier alpha value is -0.620. The molecule has 0 aromatic carbocycles. The topological polar surface area (TPSA) is 65.2 Å². The zero-order valence-electron chi connectivity index (χ0n) is 6.33. The van der Waals surface area contributed by atoms with E-state index in [-0.39, 0.29) is 0 Å². The molecule has 0 saturated heterocycles. The predicted molar refractivity (Wildman–Crippen MR) is 50.5 cm³/mol. The van der Waals surface area contributed by atoms with Gasteiger partial charge in [0.05, 0.1) is 12.8 Å². The number of halogens is 1. The molecular formula is C6H7BrN2O2S. The Morgan fingerprint density at radius 1 is 1.83 bits per heavy atom. The number of hydrogen-bond donors (Lipinski definition) is 1. The summed E-state index contributed by atoms with van der Waals surface area (Å²) in [6.07, 6.45) is 0. The van der Waals surface area contributed by atoms with E-state index in [4.69, 9.17) is 5.73 Å². The average molecular weight is 251 g/mol. The van der Waals surface area contributed by atoms with E-state index in [0.717, 1.165) is 11.3 Å². The molecule has 0 radical (unpaired) electrons. The molecule has 0 bridgehead atoms. The van der Waals surface area contributed by atoms with Gasteiger partial charge in [0, 0.05) is 5.33 Å². The molecule has 66 valence electrons. The number of methoxy groups -OCH3 is 1. The molecule has 1 aromatic heterocycles. The summed E-state index contributed by atoms with van der Waals surface area (Å²) in [5, 5.41) is 0.885. The molecule has 0 spiro atoms. The third-order valence-electron chi connectivity index (χ3n) is 1.21. The number of hydrogen-bond acceptors (Lipinski definition) is 5. The summed E-state index contributed by atoms with van der Waals surface area (Å²) in [5.41, 5.74) is 6.06. The van der Waals surface area contributed by atoms with Crippen LogP contribution in [0.25, 0.3) is 0 Å². The summed E-state index contributed by atoms with van der Waals surface area (Å²) in [6, 6.07) is 0. The fraction of sp³-hybridized carbons (Fsp3) is 0.333. The highest BCUT2D eigenvalue weighted by Crippen LogP contribution is 2.22. The smallest absolute Gasteiger partial charge is 0.350 e. The highest BCUT2D eigenvalue weighted by Gasteiger charge is 2.16. The summed E-state index contributed by atoms with van der Waals surface area (Å²) >= 11 is 4.33. The van der Waals surface area contributed by atoms with Crippen LogP contribution in [0.3, 0.4) is 0 Å². The van der Waals surface area contributed by atoms with Gasteiger partial charge in [-0.1, -0.05) is 27.3 Å². The fourth-order valence-corrected chi connectivity index (χ4v) is 2.07. The molecule has 1 rings (SSSR count). The molecule has 0 fully saturated rings. The van der Waals surface area contributed by atoms with Crippen molar-refractivity contribution in [2.75, 3.05) is 12.8 Å². The van der Waals surface area contributed by atoms with Crippen molar-refractivity contribution in [3.63, 3.8) is 0 Å². The number of thiazole rings is 1. The number of nitrogens with zero attached hydrogens (tertiary/aromatic N) is 1. The highest BCUT2D eigenvalue weighted by atomic mass is 79.9. The van der Waals surface area contributed by atoms with Crippen molar-refractivity contribution in [1.29, 1.82) is 0 Å². The maximum atomic E-state index is 11.1. The lowest BCUT2D eigenvalue weighted by Gasteiger charge is -1.94. The number of nitrogen functional groups attached to an aromatic ring is 1. The number of alkyl halides is 1. The van der Waals surface area contributed by atoms with Crippen molar-refractivity contribution in [3.8, 4) is 0 Å². The summed E-state index contributed by atoms with van der Waals surface area (Å²) in [5.74, 6) is -0.390. The number of aromatic nitrogens is 1. The second-order valence-corrected chi connectivity index (χ2v) is 3.54. The lowest BCUT2D eigenvalue weighted by Crippen LogP contribution is -2.01. The monoisotopic (exact) mass is 250 g/mol. The van der Waals surface area contributed by atoms with Crippen molar-refractivity contribution < 1.29 is 9.53 Å². The van der Waals surface area contributed by atoms with Gasteiger partial charge in [-0.2, -0.15) is 0 Å². The molecule has 1 heterocycles. The zero-order chi connectivity index (χ0) is 9.14. The second-order valence-electron chi connectivity index (χ2n) is 1.95. The van der Waals surface area contributed by atoms with Crippen LogP contribution in [0.2, 0.25) is 0 Å². The first-order valence-electron chi connectivity index (χ1n) is 3.08. The van der Waals surface area contributed by atoms with E-state index in [1.54, 1.807) is 0 Å². The van der Waals surface area contributed by atoms with Crippen molar-refractivity contribution in [2.24, 2.45) is 0 Å². The van der Waals surface area contributed by atoms with Gasteiger partial charge in [-0.05, 0) is 0 Å². The van der Waals surface area contributed by atoms with Crippen LogP contribution in [0.1, 0.15) is 15.4 Å². The SMILES string of the molecule is COC(=O)c1sc(N)nc1CBr. The van der Waals surface area contributed by atoms with Gasteiger partial charge in [0.15, 0.2) is 5.13 Å². The predicted octanol–water partition coefficient (Wildman–Crippen LogP) is 1.41. The number of ether oxygens (including phenoxy) is 1. The van der Waals surface area contributed by atoms with Crippen LogP contribution in [0.4, 0.5) is 5.13 Å². The van der Waals surface area contributed by atoms with Crippen LogP contribution < -0.4 is 5.73 Å². The molecule has 0 aliphatic carbocycles. The molecule has 6 heteroatoms. The summed E-state index contributed by atoms with van der Waals surface area (Å²) in [6.45, 7) is 0. The normalized spacial score (nSPS) is 9.83. The van der Waals surface area contributed by atoms with Gasteiger partial charge in [-0.3, -0.25) is 0 Å². The molecule has 0 aliphatic heterocycles. The van der Waals surface area contributed by atoms with Gasteiger partial charge in [0.25, 0.3) is 0 Å². The van der Waals surface area contributed by atoms with Crippen LogP contribution >= 0.6 is 27.3 Å². The zero-order valence-corrected chi connectivity index (χ0v) is 8.74.